The molecule has 2 N–H and O–H groups in total. The van der Waals surface area contributed by atoms with Gasteiger partial charge < -0.3 is 19.7 Å². The van der Waals surface area contributed by atoms with E-state index in [1.807, 2.05) is 0 Å². The zero-order valence-corrected chi connectivity index (χ0v) is 13.6. The highest BCUT2D eigenvalue weighted by Crippen LogP contribution is 2.15. The molecule has 1 aromatic heterocycles. The van der Waals surface area contributed by atoms with Crippen LogP contribution >= 0.6 is 15.9 Å². The van der Waals surface area contributed by atoms with Crippen LogP contribution in [0.3, 0.4) is 0 Å². The lowest BCUT2D eigenvalue weighted by Gasteiger charge is -2.34. The SMILES string of the molecule is CCN(C(=O)CNC(=O)c1ccc(Br)o1)C(C)(C)C(=O)O. The van der Waals surface area contributed by atoms with Gasteiger partial charge in [-0.25, -0.2) is 4.79 Å². The van der Waals surface area contributed by atoms with Crippen LogP contribution < -0.4 is 5.32 Å². The summed E-state index contributed by atoms with van der Waals surface area (Å²) in [6, 6.07) is 3.02. The number of carbonyl (C=O) groups is 3. The van der Waals surface area contributed by atoms with E-state index in [1.165, 1.54) is 24.8 Å². The minimum Gasteiger partial charge on any atom is -0.480 e. The molecule has 21 heavy (non-hydrogen) atoms. The summed E-state index contributed by atoms with van der Waals surface area (Å²) in [5.74, 6) is -2.07. The minimum absolute atomic E-state index is 0.0650. The molecule has 0 aromatic carbocycles. The van der Waals surface area contributed by atoms with Crippen LogP contribution in [-0.4, -0.2) is 46.4 Å². The summed E-state index contributed by atoms with van der Waals surface area (Å²) in [4.78, 5) is 36.2. The number of hydrogen-bond acceptors (Lipinski definition) is 4. The Morgan fingerprint density at radius 2 is 2.00 bits per heavy atom. The van der Waals surface area contributed by atoms with E-state index in [0.717, 1.165) is 0 Å². The van der Waals surface area contributed by atoms with Crippen molar-refractivity contribution in [1.82, 2.24) is 10.2 Å². The smallest absolute Gasteiger partial charge is 0.329 e. The van der Waals surface area contributed by atoms with Crippen molar-refractivity contribution >= 4 is 33.7 Å². The second-order valence-electron chi connectivity index (χ2n) is 4.79. The average molecular weight is 361 g/mol. The van der Waals surface area contributed by atoms with E-state index in [-0.39, 0.29) is 18.8 Å². The maximum Gasteiger partial charge on any atom is 0.329 e. The number of halogens is 1. The molecule has 8 heteroatoms. The van der Waals surface area contributed by atoms with Crippen LogP contribution in [0.5, 0.6) is 0 Å². The summed E-state index contributed by atoms with van der Waals surface area (Å²) < 4.78 is 5.46. The Kier molecular flexibility index (Phi) is 5.54. The molecule has 0 bridgehead atoms. The number of aliphatic carboxylic acids is 1. The molecule has 1 aromatic rings. The van der Waals surface area contributed by atoms with Gasteiger partial charge in [-0.05, 0) is 48.8 Å². The molecule has 0 radical (unpaired) electrons. The first kappa shape index (κ1) is 17.2. The first-order valence-electron chi connectivity index (χ1n) is 6.27. The number of carbonyl (C=O) groups excluding carboxylic acids is 2. The van der Waals surface area contributed by atoms with Crippen molar-refractivity contribution in [2.24, 2.45) is 0 Å². The van der Waals surface area contributed by atoms with Crippen molar-refractivity contribution in [2.75, 3.05) is 13.1 Å². The van der Waals surface area contributed by atoms with Gasteiger partial charge >= 0.3 is 5.97 Å². The van der Waals surface area contributed by atoms with E-state index >= 15 is 0 Å². The highest BCUT2D eigenvalue weighted by molar-refractivity contribution is 9.10. The zero-order valence-electron chi connectivity index (χ0n) is 12.0. The Balaban J connectivity index is 2.67. The Bertz CT molecular complexity index is 553. The molecule has 116 valence electrons. The summed E-state index contributed by atoms with van der Waals surface area (Å²) in [5, 5.41) is 11.5. The maximum atomic E-state index is 12.1. The van der Waals surface area contributed by atoms with Crippen molar-refractivity contribution in [2.45, 2.75) is 26.3 Å². The molecule has 2 amide bonds. The first-order chi connectivity index (χ1) is 9.70. The van der Waals surface area contributed by atoms with Gasteiger partial charge in [-0.2, -0.15) is 0 Å². The summed E-state index contributed by atoms with van der Waals surface area (Å²) in [6.07, 6.45) is 0. The predicted octanol–water partition coefficient (Wildman–Crippen LogP) is 1.48. The molecule has 0 aliphatic heterocycles. The van der Waals surface area contributed by atoms with Gasteiger partial charge in [0.1, 0.15) is 5.54 Å². The number of nitrogens with zero attached hydrogens (tertiary/aromatic N) is 1. The number of rotatable bonds is 6. The van der Waals surface area contributed by atoms with Gasteiger partial charge in [0.2, 0.25) is 5.91 Å². The minimum atomic E-state index is -1.34. The van der Waals surface area contributed by atoms with E-state index in [0.29, 0.717) is 4.67 Å². The lowest BCUT2D eigenvalue weighted by atomic mass is 10.0. The third-order valence-corrected chi connectivity index (χ3v) is 3.44. The molecule has 0 spiro atoms. The standard InChI is InChI=1S/C13H17BrN2O5/c1-4-16(13(2,3)12(19)20)10(17)7-15-11(18)8-5-6-9(14)21-8/h5-6H,4,7H2,1-3H3,(H,15,18)(H,19,20). The molecule has 1 heterocycles. The fourth-order valence-electron chi connectivity index (χ4n) is 1.77. The average Bonchev–Trinajstić information content (AvgIpc) is 2.83. The molecular weight excluding hydrogens is 344 g/mol. The van der Waals surface area contributed by atoms with Gasteiger partial charge in [-0.15, -0.1) is 0 Å². The van der Waals surface area contributed by atoms with Gasteiger partial charge in [0.15, 0.2) is 10.4 Å². The van der Waals surface area contributed by atoms with E-state index in [2.05, 4.69) is 21.2 Å². The molecule has 0 aliphatic carbocycles. The molecule has 7 nitrogen and oxygen atoms in total. The molecule has 0 atom stereocenters. The van der Waals surface area contributed by atoms with Crippen molar-refractivity contribution in [3.8, 4) is 0 Å². The number of hydrogen-bond donors (Lipinski definition) is 2. The van der Waals surface area contributed by atoms with Crippen LogP contribution in [-0.2, 0) is 9.59 Å². The highest BCUT2D eigenvalue weighted by Gasteiger charge is 2.36. The van der Waals surface area contributed by atoms with Crippen molar-refractivity contribution in [1.29, 1.82) is 0 Å². The van der Waals surface area contributed by atoms with Crippen molar-refractivity contribution < 1.29 is 23.9 Å². The van der Waals surface area contributed by atoms with Gasteiger partial charge in [-0.3, -0.25) is 9.59 Å². The van der Waals surface area contributed by atoms with Crippen LogP contribution in [0.2, 0.25) is 0 Å². The second kappa shape index (κ2) is 6.75. The van der Waals surface area contributed by atoms with Crippen LogP contribution in [0.15, 0.2) is 21.2 Å². The third kappa shape index (κ3) is 4.07. The second-order valence-corrected chi connectivity index (χ2v) is 5.57. The molecule has 0 fully saturated rings. The number of carboxylic acids is 1. The Labute approximate surface area is 130 Å². The Morgan fingerprint density at radius 3 is 2.43 bits per heavy atom. The van der Waals surface area contributed by atoms with Crippen LogP contribution in [0.1, 0.15) is 31.3 Å². The molecule has 0 aliphatic rings. The van der Waals surface area contributed by atoms with Crippen LogP contribution in [0, 0.1) is 0 Å². The lowest BCUT2D eigenvalue weighted by molar-refractivity contribution is -0.156. The first-order valence-corrected chi connectivity index (χ1v) is 7.06. The summed E-state index contributed by atoms with van der Waals surface area (Å²) >= 11 is 3.07. The van der Waals surface area contributed by atoms with Gasteiger partial charge in [-0.1, -0.05) is 0 Å². The van der Waals surface area contributed by atoms with E-state index in [9.17, 15) is 14.4 Å². The van der Waals surface area contributed by atoms with E-state index in [4.69, 9.17) is 9.52 Å². The molecule has 0 unspecified atom stereocenters. The molecule has 1 rings (SSSR count). The van der Waals surface area contributed by atoms with Gasteiger partial charge in [0.25, 0.3) is 5.91 Å². The van der Waals surface area contributed by atoms with Crippen molar-refractivity contribution in [3.05, 3.63) is 22.6 Å². The topological polar surface area (TPSA) is 99.9 Å². The highest BCUT2D eigenvalue weighted by atomic mass is 79.9. The molecule has 0 saturated carbocycles. The number of amides is 2. The summed E-state index contributed by atoms with van der Waals surface area (Å²) in [7, 11) is 0. The summed E-state index contributed by atoms with van der Waals surface area (Å²) in [5.41, 5.74) is -1.34. The number of nitrogens with one attached hydrogen (secondary N) is 1. The molecule has 0 saturated heterocycles. The normalized spacial score (nSPS) is 11.0. The molecular formula is C13H17BrN2O5. The Hall–Kier alpha value is -1.83. The number of likely N-dealkylation sites (N-methyl/N-ethyl adjacent to an activating group) is 1. The van der Waals surface area contributed by atoms with E-state index < -0.39 is 23.3 Å². The van der Waals surface area contributed by atoms with Gasteiger partial charge in [0.05, 0.1) is 6.54 Å². The summed E-state index contributed by atoms with van der Waals surface area (Å²) in [6.45, 7) is 4.46. The maximum absolute atomic E-state index is 12.1. The van der Waals surface area contributed by atoms with Crippen molar-refractivity contribution in [3.63, 3.8) is 0 Å². The number of carboxylic acid groups (broad SMARTS) is 1. The fraction of sp³-hybridized carbons (Fsp3) is 0.462. The number of furan rings is 1. The Morgan fingerprint density at radius 1 is 1.38 bits per heavy atom. The quantitative estimate of drug-likeness (QED) is 0.800. The third-order valence-electron chi connectivity index (χ3n) is 3.01. The largest absolute Gasteiger partial charge is 0.480 e. The van der Waals surface area contributed by atoms with Gasteiger partial charge in [0, 0.05) is 6.54 Å². The van der Waals surface area contributed by atoms with Crippen LogP contribution in [0.4, 0.5) is 0 Å². The van der Waals surface area contributed by atoms with Crippen LogP contribution in [0.25, 0.3) is 0 Å². The zero-order chi connectivity index (χ0) is 16.2. The fourth-order valence-corrected chi connectivity index (χ4v) is 2.08. The van der Waals surface area contributed by atoms with E-state index in [1.54, 1.807) is 13.0 Å². The predicted molar refractivity (Wildman–Crippen MR) is 77.8 cm³/mol. The lowest BCUT2D eigenvalue weighted by Crippen LogP contribution is -2.55. The monoisotopic (exact) mass is 360 g/mol.